The summed E-state index contributed by atoms with van der Waals surface area (Å²) in [5.41, 5.74) is 0. The second-order valence-electron chi connectivity index (χ2n) is 4.23. The van der Waals surface area contributed by atoms with E-state index in [-0.39, 0.29) is 0 Å². The van der Waals surface area contributed by atoms with Crippen molar-refractivity contribution in [3.8, 4) is 0 Å². The maximum atomic E-state index is 3.44. The summed E-state index contributed by atoms with van der Waals surface area (Å²) < 4.78 is 0. The molecule has 0 aliphatic rings. The predicted molar refractivity (Wildman–Crippen MR) is 68.3 cm³/mol. The monoisotopic (exact) mass is 226 g/mol. The highest BCUT2D eigenvalue weighted by molar-refractivity contribution is 7.11. The zero-order valence-corrected chi connectivity index (χ0v) is 11.0. The van der Waals surface area contributed by atoms with Crippen molar-refractivity contribution in [3.05, 3.63) is 21.9 Å². The number of rotatable bonds is 6. The highest BCUT2D eigenvalue weighted by Gasteiger charge is 2.02. The lowest BCUT2D eigenvalue weighted by Gasteiger charge is -2.11. The smallest absolute Gasteiger partial charge is 0.0324 e. The fourth-order valence-electron chi connectivity index (χ4n) is 1.28. The summed E-state index contributed by atoms with van der Waals surface area (Å²) in [5, 5.41) is 3.44. The Morgan fingerprint density at radius 3 is 2.60 bits per heavy atom. The molecule has 0 bridgehead atoms. The minimum absolute atomic E-state index is 0.564. The molecule has 2 nitrogen and oxygen atoms in total. The summed E-state index contributed by atoms with van der Waals surface area (Å²) in [6.07, 6.45) is 0. The third kappa shape index (κ3) is 4.78. The fraction of sp³-hybridized carbons (Fsp3) is 0.667. The molecular weight excluding hydrogens is 204 g/mol. The summed E-state index contributed by atoms with van der Waals surface area (Å²) in [6, 6.07) is 5.04. The third-order valence-electron chi connectivity index (χ3n) is 2.37. The summed E-state index contributed by atoms with van der Waals surface area (Å²) in [6.45, 7) is 9.73. The molecule has 0 fully saturated rings. The summed E-state index contributed by atoms with van der Waals surface area (Å²) in [4.78, 5) is 5.22. The van der Waals surface area contributed by atoms with Gasteiger partial charge in [0.2, 0.25) is 0 Å². The molecule has 1 rings (SSSR count). The van der Waals surface area contributed by atoms with Crippen LogP contribution in [0.5, 0.6) is 0 Å². The van der Waals surface area contributed by atoms with Crippen molar-refractivity contribution >= 4 is 11.3 Å². The van der Waals surface area contributed by atoms with Gasteiger partial charge in [-0.25, -0.2) is 0 Å². The number of hydrogen-bond donors (Lipinski definition) is 1. The van der Waals surface area contributed by atoms with Gasteiger partial charge in [0, 0.05) is 28.9 Å². The first-order chi connectivity index (χ1) is 7.11. The van der Waals surface area contributed by atoms with E-state index in [0.29, 0.717) is 6.04 Å². The molecule has 1 aromatic heterocycles. The molecule has 1 aromatic rings. The molecule has 86 valence electrons. The SMILES string of the molecule is CCN(C)Cc1ccc(CNC(C)C)s1. The Kier molecular flexibility index (Phi) is 5.29. The first-order valence-electron chi connectivity index (χ1n) is 5.61. The van der Waals surface area contributed by atoms with Gasteiger partial charge in [-0.2, -0.15) is 0 Å². The zero-order chi connectivity index (χ0) is 11.3. The average molecular weight is 226 g/mol. The van der Waals surface area contributed by atoms with Gasteiger partial charge in [-0.05, 0) is 25.7 Å². The normalized spacial score (nSPS) is 11.6. The molecule has 0 aliphatic heterocycles. The number of hydrogen-bond acceptors (Lipinski definition) is 3. The Bertz CT molecular complexity index is 281. The van der Waals surface area contributed by atoms with Crippen LogP contribution in [0.15, 0.2) is 12.1 Å². The zero-order valence-electron chi connectivity index (χ0n) is 10.2. The first-order valence-corrected chi connectivity index (χ1v) is 6.43. The van der Waals surface area contributed by atoms with Gasteiger partial charge < -0.3 is 10.2 Å². The van der Waals surface area contributed by atoms with E-state index in [4.69, 9.17) is 0 Å². The van der Waals surface area contributed by atoms with E-state index in [0.717, 1.165) is 19.6 Å². The van der Waals surface area contributed by atoms with Crippen molar-refractivity contribution in [2.45, 2.75) is 39.9 Å². The van der Waals surface area contributed by atoms with E-state index in [2.05, 4.69) is 50.2 Å². The van der Waals surface area contributed by atoms with Gasteiger partial charge in [0.05, 0.1) is 0 Å². The molecule has 0 saturated heterocycles. The van der Waals surface area contributed by atoms with Crippen LogP contribution < -0.4 is 5.32 Å². The van der Waals surface area contributed by atoms with Crippen molar-refractivity contribution < 1.29 is 0 Å². The van der Waals surface area contributed by atoms with Gasteiger partial charge in [0.15, 0.2) is 0 Å². The van der Waals surface area contributed by atoms with E-state index in [1.165, 1.54) is 9.75 Å². The fourth-order valence-corrected chi connectivity index (χ4v) is 2.33. The Morgan fingerprint density at radius 1 is 1.33 bits per heavy atom. The van der Waals surface area contributed by atoms with Crippen molar-refractivity contribution in [1.29, 1.82) is 0 Å². The molecule has 0 spiro atoms. The largest absolute Gasteiger partial charge is 0.310 e. The summed E-state index contributed by atoms with van der Waals surface area (Å²) >= 11 is 1.91. The van der Waals surface area contributed by atoms with Gasteiger partial charge in [0.1, 0.15) is 0 Å². The molecule has 0 radical (unpaired) electrons. The third-order valence-corrected chi connectivity index (χ3v) is 3.44. The standard InChI is InChI=1S/C12H22N2S/c1-5-14(4)9-12-7-6-11(15-12)8-13-10(2)3/h6-7,10,13H,5,8-9H2,1-4H3. The van der Waals surface area contributed by atoms with Crippen LogP contribution in [0.3, 0.4) is 0 Å². The van der Waals surface area contributed by atoms with Gasteiger partial charge in [-0.1, -0.05) is 20.8 Å². The molecule has 3 heteroatoms. The van der Waals surface area contributed by atoms with E-state index in [9.17, 15) is 0 Å². The minimum Gasteiger partial charge on any atom is -0.310 e. The second kappa shape index (κ2) is 6.26. The van der Waals surface area contributed by atoms with E-state index < -0.39 is 0 Å². The van der Waals surface area contributed by atoms with Crippen molar-refractivity contribution in [2.24, 2.45) is 0 Å². The number of thiophene rings is 1. The van der Waals surface area contributed by atoms with E-state index in [1.807, 2.05) is 11.3 Å². The van der Waals surface area contributed by atoms with Crippen LogP contribution in [-0.2, 0) is 13.1 Å². The van der Waals surface area contributed by atoms with Crippen LogP contribution in [0.1, 0.15) is 30.5 Å². The topological polar surface area (TPSA) is 15.3 Å². The first kappa shape index (κ1) is 12.7. The van der Waals surface area contributed by atoms with Gasteiger partial charge >= 0.3 is 0 Å². The average Bonchev–Trinajstić information content (AvgIpc) is 2.62. The molecule has 0 unspecified atom stereocenters. The molecule has 0 atom stereocenters. The van der Waals surface area contributed by atoms with E-state index in [1.54, 1.807) is 0 Å². The van der Waals surface area contributed by atoms with Gasteiger partial charge in [-0.3, -0.25) is 0 Å². The van der Waals surface area contributed by atoms with Gasteiger partial charge in [-0.15, -0.1) is 11.3 Å². The van der Waals surface area contributed by atoms with Crippen LogP contribution in [0, 0.1) is 0 Å². The Hall–Kier alpha value is -0.380. The lowest BCUT2D eigenvalue weighted by Crippen LogP contribution is -2.21. The summed E-state index contributed by atoms with van der Waals surface area (Å²) in [5.74, 6) is 0. The van der Waals surface area contributed by atoms with Crippen LogP contribution in [0.25, 0.3) is 0 Å². The Balaban J connectivity index is 2.42. The number of nitrogens with one attached hydrogen (secondary N) is 1. The predicted octanol–water partition coefficient (Wildman–Crippen LogP) is 2.70. The highest BCUT2D eigenvalue weighted by atomic mass is 32.1. The highest BCUT2D eigenvalue weighted by Crippen LogP contribution is 2.17. The molecule has 1 heterocycles. The number of nitrogens with zero attached hydrogens (tertiary/aromatic N) is 1. The van der Waals surface area contributed by atoms with Crippen LogP contribution in [-0.4, -0.2) is 24.5 Å². The van der Waals surface area contributed by atoms with Crippen molar-refractivity contribution in [2.75, 3.05) is 13.6 Å². The quantitative estimate of drug-likeness (QED) is 0.802. The molecule has 0 saturated carbocycles. The van der Waals surface area contributed by atoms with E-state index >= 15 is 0 Å². The van der Waals surface area contributed by atoms with Gasteiger partial charge in [0.25, 0.3) is 0 Å². The van der Waals surface area contributed by atoms with Crippen molar-refractivity contribution in [1.82, 2.24) is 10.2 Å². The molecule has 0 aliphatic carbocycles. The lowest BCUT2D eigenvalue weighted by atomic mass is 10.3. The maximum absolute atomic E-state index is 3.44. The second-order valence-corrected chi connectivity index (χ2v) is 5.49. The molecule has 0 aromatic carbocycles. The lowest BCUT2D eigenvalue weighted by molar-refractivity contribution is 0.349. The van der Waals surface area contributed by atoms with Crippen LogP contribution in [0.4, 0.5) is 0 Å². The minimum atomic E-state index is 0.564. The summed E-state index contributed by atoms with van der Waals surface area (Å²) in [7, 11) is 2.16. The van der Waals surface area contributed by atoms with Crippen molar-refractivity contribution in [3.63, 3.8) is 0 Å². The molecule has 0 amide bonds. The Morgan fingerprint density at radius 2 is 2.00 bits per heavy atom. The maximum Gasteiger partial charge on any atom is 0.0324 e. The molecular formula is C12H22N2S. The van der Waals surface area contributed by atoms with Crippen LogP contribution >= 0.6 is 11.3 Å². The Labute approximate surface area is 97.3 Å². The molecule has 1 N–H and O–H groups in total. The molecule has 15 heavy (non-hydrogen) atoms. The van der Waals surface area contributed by atoms with Crippen LogP contribution in [0.2, 0.25) is 0 Å².